The van der Waals surface area contributed by atoms with Gasteiger partial charge in [0.25, 0.3) is 0 Å². The maximum atomic E-state index is 8.86. The zero-order valence-corrected chi connectivity index (χ0v) is 8.93. The Kier molecular flexibility index (Phi) is 3.52. The van der Waals surface area contributed by atoms with E-state index in [0.29, 0.717) is 6.61 Å². The molecule has 2 saturated heterocycles. The predicted molar refractivity (Wildman–Crippen MR) is 57.1 cm³/mol. The molecule has 2 atom stereocenters. The quantitative estimate of drug-likeness (QED) is 0.742. The zero-order chi connectivity index (χ0) is 9.10. The van der Waals surface area contributed by atoms with Crippen molar-refractivity contribution in [1.29, 1.82) is 0 Å². The Balaban J connectivity index is 1.76. The second kappa shape index (κ2) is 4.67. The van der Waals surface area contributed by atoms with Crippen molar-refractivity contribution in [2.45, 2.75) is 25.3 Å². The first-order valence-electron chi connectivity index (χ1n) is 5.33. The van der Waals surface area contributed by atoms with E-state index < -0.39 is 0 Å². The van der Waals surface area contributed by atoms with Gasteiger partial charge >= 0.3 is 0 Å². The number of hydrogen-bond donors (Lipinski definition) is 1. The molecule has 0 spiro atoms. The Hall–Kier alpha value is 0.270. The molecule has 2 heterocycles. The van der Waals surface area contributed by atoms with Gasteiger partial charge in [0.15, 0.2) is 0 Å². The second-order valence-corrected chi connectivity index (χ2v) is 5.33. The molecular formula is C10H19NOS. The molecule has 0 aromatic carbocycles. The minimum Gasteiger partial charge on any atom is -0.396 e. The third-order valence-corrected chi connectivity index (χ3v) is 4.42. The standard InChI is InChI=1S/C10H19NOS/c12-5-2-9-1-4-11(7-9)10-3-6-13-8-10/h9-10,12H,1-8H2. The molecule has 2 aliphatic rings. The first-order chi connectivity index (χ1) is 6.40. The number of aliphatic hydroxyl groups is 1. The summed E-state index contributed by atoms with van der Waals surface area (Å²) in [6.07, 6.45) is 3.70. The summed E-state index contributed by atoms with van der Waals surface area (Å²) in [7, 11) is 0. The molecule has 0 bridgehead atoms. The highest BCUT2D eigenvalue weighted by Crippen LogP contribution is 2.28. The maximum Gasteiger partial charge on any atom is 0.0434 e. The zero-order valence-electron chi connectivity index (χ0n) is 8.11. The average Bonchev–Trinajstić information content (AvgIpc) is 2.70. The van der Waals surface area contributed by atoms with E-state index in [9.17, 15) is 0 Å². The van der Waals surface area contributed by atoms with Gasteiger partial charge in [0.1, 0.15) is 0 Å². The van der Waals surface area contributed by atoms with E-state index in [1.165, 1.54) is 37.4 Å². The SMILES string of the molecule is OCCC1CCN(C2CCSC2)C1. The van der Waals surface area contributed by atoms with Crippen LogP contribution in [0.1, 0.15) is 19.3 Å². The lowest BCUT2D eigenvalue weighted by Gasteiger charge is -2.22. The molecule has 0 radical (unpaired) electrons. The highest BCUT2D eigenvalue weighted by atomic mass is 32.2. The normalized spacial score (nSPS) is 35.8. The smallest absolute Gasteiger partial charge is 0.0434 e. The average molecular weight is 201 g/mol. The molecule has 0 saturated carbocycles. The summed E-state index contributed by atoms with van der Waals surface area (Å²) in [6.45, 7) is 2.89. The highest BCUT2D eigenvalue weighted by Gasteiger charge is 2.29. The van der Waals surface area contributed by atoms with Crippen LogP contribution in [0.2, 0.25) is 0 Å². The Morgan fingerprint density at radius 3 is 3.00 bits per heavy atom. The Morgan fingerprint density at radius 1 is 1.38 bits per heavy atom. The molecule has 76 valence electrons. The van der Waals surface area contributed by atoms with E-state index in [0.717, 1.165) is 18.4 Å². The van der Waals surface area contributed by atoms with Crippen LogP contribution >= 0.6 is 11.8 Å². The van der Waals surface area contributed by atoms with E-state index in [4.69, 9.17) is 5.11 Å². The molecule has 0 aliphatic carbocycles. The van der Waals surface area contributed by atoms with E-state index in [2.05, 4.69) is 16.7 Å². The summed E-state index contributed by atoms with van der Waals surface area (Å²) in [5.74, 6) is 3.47. The molecule has 2 fully saturated rings. The largest absolute Gasteiger partial charge is 0.396 e. The second-order valence-electron chi connectivity index (χ2n) is 4.18. The third kappa shape index (κ3) is 2.39. The van der Waals surface area contributed by atoms with Crippen molar-refractivity contribution in [3.8, 4) is 0 Å². The molecule has 0 aromatic rings. The first kappa shape index (κ1) is 9.81. The summed E-state index contributed by atoms with van der Waals surface area (Å²) < 4.78 is 0. The van der Waals surface area contributed by atoms with E-state index in [1.54, 1.807) is 0 Å². The van der Waals surface area contributed by atoms with Crippen molar-refractivity contribution < 1.29 is 5.11 Å². The number of likely N-dealkylation sites (tertiary alicyclic amines) is 1. The van der Waals surface area contributed by atoms with E-state index in [1.807, 2.05) is 0 Å². The molecule has 13 heavy (non-hydrogen) atoms. The van der Waals surface area contributed by atoms with Gasteiger partial charge in [-0.25, -0.2) is 0 Å². The fourth-order valence-electron chi connectivity index (χ4n) is 2.42. The molecule has 2 rings (SSSR count). The summed E-state index contributed by atoms with van der Waals surface area (Å²) in [6, 6.07) is 0.855. The molecule has 2 nitrogen and oxygen atoms in total. The molecule has 1 N–H and O–H groups in total. The lowest BCUT2D eigenvalue weighted by molar-refractivity contribution is 0.230. The molecule has 0 amide bonds. The van der Waals surface area contributed by atoms with Crippen LogP contribution < -0.4 is 0 Å². The van der Waals surface area contributed by atoms with Gasteiger partial charge < -0.3 is 5.11 Å². The van der Waals surface area contributed by atoms with Gasteiger partial charge in [-0.05, 0) is 37.5 Å². The van der Waals surface area contributed by atoms with Crippen LogP contribution in [0.4, 0.5) is 0 Å². The topological polar surface area (TPSA) is 23.5 Å². The van der Waals surface area contributed by atoms with Crippen LogP contribution in [-0.2, 0) is 0 Å². The molecule has 0 aromatic heterocycles. The van der Waals surface area contributed by atoms with Gasteiger partial charge in [-0.1, -0.05) is 0 Å². The summed E-state index contributed by atoms with van der Waals surface area (Å²) in [5, 5.41) is 8.86. The van der Waals surface area contributed by atoms with Gasteiger partial charge in [0.2, 0.25) is 0 Å². The predicted octanol–water partition coefficient (Wildman–Crippen LogP) is 1.20. The summed E-state index contributed by atoms with van der Waals surface area (Å²) >= 11 is 2.09. The van der Waals surface area contributed by atoms with Crippen molar-refractivity contribution in [1.82, 2.24) is 4.90 Å². The molecule has 2 unspecified atom stereocenters. The van der Waals surface area contributed by atoms with Gasteiger partial charge in [0, 0.05) is 24.9 Å². The number of rotatable bonds is 3. The first-order valence-corrected chi connectivity index (χ1v) is 6.48. The van der Waals surface area contributed by atoms with Crippen LogP contribution in [0.15, 0.2) is 0 Å². The van der Waals surface area contributed by atoms with Gasteiger partial charge in [0.05, 0.1) is 0 Å². The van der Waals surface area contributed by atoms with Crippen LogP contribution in [-0.4, -0.2) is 47.3 Å². The fourth-order valence-corrected chi connectivity index (χ4v) is 3.68. The lowest BCUT2D eigenvalue weighted by Crippen LogP contribution is -2.33. The van der Waals surface area contributed by atoms with Crippen molar-refractivity contribution in [3.05, 3.63) is 0 Å². The minimum atomic E-state index is 0.373. The van der Waals surface area contributed by atoms with Crippen LogP contribution in [0, 0.1) is 5.92 Å². The number of aliphatic hydroxyl groups excluding tert-OH is 1. The third-order valence-electron chi connectivity index (χ3n) is 3.28. The van der Waals surface area contributed by atoms with Crippen LogP contribution in [0.25, 0.3) is 0 Å². The molecular weight excluding hydrogens is 182 g/mol. The molecule has 3 heteroatoms. The monoisotopic (exact) mass is 201 g/mol. The van der Waals surface area contributed by atoms with E-state index in [-0.39, 0.29) is 0 Å². The maximum absolute atomic E-state index is 8.86. The van der Waals surface area contributed by atoms with Crippen LogP contribution in [0.3, 0.4) is 0 Å². The summed E-state index contributed by atoms with van der Waals surface area (Å²) in [4.78, 5) is 2.64. The Bertz CT molecular complexity index is 159. The summed E-state index contributed by atoms with van der Waals surface area (Å²) in [5.41, 5.74) is 0. The van der Waals surface area contributed by atoms with Crippen LogP contribution in [0.5, 0.6) is 0 Å². The minimum absolute atomic E-state index is 0.373. The van der Waals surface area contributed by atoms with Crippen molar-refractivity contribution in [2.75, 3.05) is 31.2 Å². The van der Waals surface area contributed by atoms with E-state index >= 15 is 0 Å². The lowest BCUT2D eigenvalue weighted by atomic mass is 10.1. The Morgan fingerprint density at radius 2 is 2.31 bits per heavy atom. The van der Waals surface area contributed by atoms with Crippen molar-refractivity contribution in [3.63, 3.8) is 0 Å². The Labute approximate surface area is 84.7 Å². The van der Waals surface area contributed by atoms with Gasteiger partial charge in [-0.3, -0.25) is 4.90 Å². The highest BCUT2D eigenvalue weighted by molar-refractivity contribution is 7.99. The number of hydrogen-bond acceptors (Lipinski definition) is 3. The fraction of sp³-hybridized carbons (Fsp3) is 1.00. The van der Waals surface area contributed by atoms with Crippen molar-refractivity contribution >= 4 is 11.8 Å². The van der Waals surface area contributed by atoms with Gasteiger partial charge in [-0.15, -0.1) is 0 Å². The number of nitrogens with zero attached hydrogens (tertiary/aromatic N) is 1. The van der Waals surface area contributed by atoms with Gasteiger partial charge in [-0.2, -0.15) is 11.8 Å². The number of thioether (sulfide) groups is 1. The van der Waals surface area contributed by atoms with Crippen molar-refractivity contribution in [2.24, 2.45) is 5.92 Å². The molecule has 2 aliphatic heterocycles.